The normalized spacial score (nSPS) is 11.7. The number of hydrogen-bond donors (Lipinski definition) is 1. The number of nitrogens with zero attached hydrogens (tertiary/aromatic N) is 3. The number of aryl methyl sites for hydroxylation is 2. The van der Waals surface area contributed by atoms with Gasteiger partial charge in [-0.05, 0) is 49.4 Å². The van der Waals surface area contributed by atoms with E-state index in [1.54, 1.807) is 54.9 Å². The number of anilines is 1. The van der Waals surface area contributed by atoms with Gasteiger partial charge >= 0.3 is 11.9 Å². The Kier molecular flexibility index (Phi) is 5.44. The number of nitrogens with one attached hydrogen (secondary N) is 1. The third kappa shape index (κ3) is 4.07. The monoisotopic (exact) mass is 456 g/mol. The van der Waals surface area contributed by atoms with Crippen LogP contribution in [0.15, 0.2) is 70.3 Å². The lowest BCUT2D eigenvalue weighted by molar-refractivity contribution is -0.137. The van der Waals surface area contributed by atoms with Crippen LogP contribution in [-0.2, 0) is 24.6 Å². The molecule has 2 aromatic heterocycles. The maximum Gasteiger partial charge on any atom is 0.416 e. The first-order valence-corrected chi connectivity index (χ1v) is 9.92. The first-order chi connectivity index (χ1) is 15.6. The molecule has 1 N–H and O–H groups in total. The zero-order valence-corrected chi connectivity index (χ0v) is 17.7. The molecule has 2 heterocycles. The topological polar surface area (TPSA) is 78.0 Å². The molecule has 0 aliphatic carbocycles. The average Bonchev–Trinajstić information content (AvgIpc) is 3.06. The second-order valence-electron chi connectivity index (χ2n) is 7.55. The van der Waals surface area contributed by atoms with E-state index >= 15 is 0 Å². The molecule has 33 heavy (non-hydrogen) atoms. The van der Waals surface area contributed by atoms with E-state index in [2.05, 4.69) is 5.32 Å². The first-order valence-electron chi connectivity index (χ1n) is 9.92. The number of fused-ring (bicyclic) bond motifs is 1. The molecule has 10 heteroatoms. The molecule has 0 atom stereocenters. The molecule has 0 unspecified atom stereocenters. The van der Waals surface area contributed by atoms with Gasteiger partial charge in [0.25, 0.3) is 5.56 Å². The van der Waals surface area contributed by atoms with Crippen molar-refractivity contribution >= 4 is 22.6 Å². The summed E-state index contributed by atoms with van der Waals surface area (Å²) in [5, 5.41) is 2.50. The molecule has 170 valence electrons. The number of alkyl halides is 3. The Hall–Kier alpha value is -4.08. The minimum absolute atomic E-state index is 0.151. The standard InChI is InChI=1S/C23H19F3N4O3/c1-14-12-18-20(28(14)2)21(32)30(17-6-4-3-5-7-17)22(33)29(18)13-19(31)27-16-10-8-15(9-11-16)23(24,25)26/h3-12H,13H2,1-2H3,(H,27,31). The Balaban J connectivity index is 1.76. The van der Waals surface area contributed by atoms with Crippen molar-refractivity contribution in [3.63, 3.8) is 0 Å². The van der Waals surface area contributed by atoms with Gasteiger partial charge in [-0.15, -0.1) is 0 Å². The van der Waals surface area contributed by atoms with Crippen LogP contribution in [0.1, 0.15) is 11.3 Å². The van der Waals surface area contributed by atoms with Crippen molar-refractivity contribution in [3.05, 3.63) is 92.8 Å². The number of hydrogen-bond acceptors (Lipinski definition) is 3. The molecule has 4 rings (SSSR count). The molecule has 0 aliphatic heterocycles. The summed E-state index contributed by atoms with van der Waals surface area (Å²) in [6.07, 6.45) is -4.49. The van der Waals surface area contributed by atoms with E-state index in [0.29, 0.717) is 16.9 Å². The predicted molar refractivity (Wildman–Crippen MR) is 118 cm³/mol. The van der Waals surface area contributed by atoms with Crippen molar-refractivity contribution in [2.24, 2.45) is 7.05 Å². The minimum atomic E-state index is -4.49. The van der Waals surface area contributed by atoms with Gasteiger partial charge in [-0.25, -0.2) is 9.36 Å². The van der Waals surface area contributed by atoms with Crippen molar-refractivity contribution in [3.8, 4) is 5.69 Å². The Morgan fingerprint density at radius 3 is 2.24 bits per heavy atom. The summed E-state index contributed by atoms with van der Waals surface area (Å²) in [6, 6.07) is 14.0. The van der Waals surface area contributed by atoms with Gasteiger partial charge in [-0.3, -0.25) is 14.2 Å². The number of aromatic nitrogens is 3. The van der Waals surface area contributed by atoms with Crippen LogP contribution in [0.3, 0.4) is 0 Å². The summed E-state index contributed by atoms with van der Waals surface area (Å²) < 4.78 is 42.1. The highest BCUT2D eigenvalue weighted by Gasteiger charge is 2.30. The van der Waals surface area contributed by atoms with Gasteiger partial charge in [0, 0.05) is 18.4 Å². The Morgan fingerprint density at radius 1 is 1.00 bits per heavy atom. The van der Waals surface area contributed by atoms with E-state index in [1.807, 2.05) is 0 Å². The van der Waals surface area contributed by atoms with Crippen LogP contribution in [0, 0.1) is 6.92 Å². The summed E-state index contributed by atoms with van der Waals surface area (Å²) >= 11 is 0. The molecule has 0 radical (unpaired) electrons. The van der Waals surface area contributed by atoms with E-state index in [0.717, 1.165) is 28.8 Å². The fourth-order valence-electron chi connectivity index (χ4n) is 3.63. The summed E-state index contributed by atoms with van der Waals surface area (Å²) in [7, 11) is 1.69. The van der Waals surface area contributed by atoms with Crippen molar-refractivity contribution in [2.45, 2.75) is 19.6 Å². The highest BCUT2D eigenvalue weighted by molar-refractivity contribution is 5.91. The van der Waals surface area contributed by atoms with E-state index in [1.165, 1.54) is 4.57 Å². The first kappa shape index (κ1) is 22.1. The van der Waals surface area contributed by atoms with Gasteiger partial charge in [0.05, 0.1) is 16.8 Å². The van der Waals surface area contributed by atoms with Gasteiger partial charge in [0.1, 0.15) is 12.1 Å². The van der Waals surface area contributed by atoms with E-state index in [4.69, 9.17) is 0 Å². The Morgan fingerprint density at radius 2 is 1.64 bits per heavy atom. The molecular formula is C23H19F3N4O3. The number of rotatable bonds is 4. The summed E-state index contributed by atoms with van der Waals surface area (Å²) in [4.78, 5) is 39.1. The summed E-state index contributed by atoms with van der Waals surface area (Å²) in [6.45, 7) is 1.33. The van der Waals surface area contributed by atoms with Crippen LogP contribution in [0.2, 0.25) is 0 Å². The maximum atomic E-state index is 13.3. The van der Waals surface area contributed by atoms with Gasteiger partial charge < -0.3 is 9.88 Å². The Bertz CT molecular complexity index is 1460. The van der Waals surface area contributed by atoms with Gasteiger partial charge in [-0.2, -0.15) is 13.2 Å². The molecule has 0 saturated carbocycles. The quantitative estimate of drug-likeness (QED) is 0.511. The zero-order chi connectivity index (χ0) is 23.9. The number of halogens is 3. The van der Waals surface area contributed by atoms with Gasteiger partial charge in [0.15, 0.2) is 0 Å². The molecule has 0 spiro atoms. The van der Waals surface area contributed by atoms with Crippen molar-refractivity contribution in [1.29, 1.82) is 0 Å². The second kappa shape index (κ2) is 8.12. The van der Waals surface area contributed by atoms with Crippen molar-refractivity contribution in [1.82, 2.24) is 13.7 Å². The highest BCUT2D eigenvalue weighted by atomic mass is 19.4. The van der Waals surface area contributed by atoms with Gasteiger partial charge in [-0.1, -0.05) is 18.2 Å². The number of amides is 1. The molecule has 0 saturated heterocycles. The molecule has 0 bridgehead atoms. The van der Waals surface area contributed by atoms with Crippen LogP contribution >= 0.6 is 0 Å². The lowest BCUT2D eigenvalue weighted by Crippen LogP contribution is -2.41. The molecule has 2 aromatic carbocycles. The van der Waals surface area contributed by atoms with Crippen LogP contribution in [0.5, 0.6) is 0 Å². The van der Waals surface area contributed by atoms with Crippen LogP contribution in [-0.4, -0.2) is 19.6 Å². The smallest absolute Gasteiger partial charge is 0.342 e. The zero-order valence-electron chi connectivity index (χ0n) is 17.7. The van der Waals surface area contributed by atoms with E-state index in [9.17, 15) is 27.6 Å². The molecule has 7 nitrogen and oxygen atoms in total. The largest absolute Gasteiger partial charge is 0.416 e. The number of para-hydroxylation sites is 1. The number of carbonyl (C=O) groups is 1. The number of benzene rings is 2. The molecule has 0 fully saturated rings. The molecular weight excluding hydrogens is 437 g/mol. The van der Waals surface area contributed by atoms with E-state index < -0.39 is 35.4 Å². The van der Waals surface area contributed by atoms with Crippen LogP contribution in [0.4, 0.5) is 18.9 Å². The van der Waals surface area contributed by atoms with E-state index in [-0.39, 0.29) is 11.2 Å². The SMILES string of the molecule is Cc1cc2c(c(=O)n(-c3ccccc3)c(=O)n2CC(=O)Nc2ccc(C(F)(F)F)cc2)n1C. The highest BCUT2D eigenvalue weighted by Crippen LogP contribution is 2.29. The maximum absolute atomic E-state index is 13.3. The molecule has 4 aromatic rings. The fourth-order valence-corrected chi connectivity index (χ4v) is 3.63. The lowest BCUT2D eigenvalue weighted by Gasteiger charge is -2.13. The van der Waals surface area contributed by atoms with Crippen molar-refractivity contribution < 1.29 is 18.0 Å². The molecule has 0 aliphatic rings. The minimum Gasteiger partial charge on any atom is -0.342 e. The van der Waals surface area contributed by atoms with Crippen molar-refractivity contribution in [2.75, 3.05) is 5.32 Å². The lowest BCUT2D eigenvalue weighted by atomic mass is 10.2. The fraction of sp³-hybridized carbons (Fsp3) is 0.174. The van der Waals surface area contributed by atoms with Crippen LogP contribution < -0.4 is 16.6 Å². The third-order valence-electron chi connectivity index (χ3n) is 5.38. The summed E-state index contributed by atoms with van der Waals surface area (Å²) in [5.41, 5.74) is -0.304. The Labute approximate surface area is 185 Å². The third-order valence-corrected chi connectivity index (χ3v) is 5.38. The summed E-state index contributed by atoms with van der Waals surface area (Å²) in [5.74, 6) is -0.627. The van der Waals surface area contributed by atoms with Gasteiger partial charge in [0.2, 0.25) is 5.91 Å². The molecule has 1 amide bonds. The van der Waals surface area contributed by atoms with Crippen LogP contribution in [0.25, 0.3) is 16.7 Å². The second-order valence-corrected chi connectivity index (χ2v) is 7.55. The average molecular weight is 456 g/mol. The predicted octanol–water partition coefficient (Wildman–Crippen LogP) is 3.46. The number of carbonyl (C=O) groups excluding carboxylic acids is 1.